The van der Waals surface area contributed by atoms with E-state index in [9.17, 15) is 0 Å². The molecule has 2 nitrogen and oxygen atoms in total. The maximum Gasteiger partial charge on any atom is 0.119 e. The molecule has 0 fully saturated rings. The molecular formula is C23H32O2S4. The van der Waals surface area contributed by atoms with E-state index in [4.69, 9.17) is 9.84 Å². The fourth-order valence-electron chi connectivity index (χ4n) is 2.46. The fraction of sp³-hybridized carbons (Fsp3) is 0.391. The normalized spacial score (nSPS) is 10.2. The van der Waals surface area contributed by atoms with E-state index in [0.717, 1.165) is 41.4 Å². The van der Waals surface area contributed by atoms with Crippen molar-refractivity contribution in [3.63, 3.8) is 0 Å². The van der Waals surface area contributed by atoms with Crippen LogP contribution in [0, 0.1) is 13.8 Å². The molecule has 0 aromatic heterocycles. The van der Waals surface area contributed by atoms with Crippen LogP contribution < -0.4 is 4.74 Å². The van der Waals surface area contributed by atoms with Gasteiger partial charge in [0.25, 0.3) is 0 Å². The van der Waals surface area contributed by atoms with Gasteiger partial charge in [0.05, 0.1) is 6.61 Å². The van der Waals surface area contributed by atoms with Gasteiger partial charge < -0.3 is 9.84 Å². The van der Waals surface area contributed by atoms with Crippen molar-refractivity contribution in [1.29, 1.82) is 0 Å². The van der Waals surface area contributed by atoms with Gasteiger partial charge in [0.15, 0.2) is 0 Å². The molecule has 2 aromatic rings. The zero-order chi connectivity index (χ0) is 21.5. The van der Waals surface area contributed by atoms with Gasteiger partial charge >= 0.3 is 0 Å². The van der Waals surface area contributed by atoms with Crippen molar-refractivity contribution in [1.82, 2.24) is 0 Å². The number of aliphatic hydroxyl groups is 1. The Morgan fingerprint density at radius 3 is 2.07 bits per heavy atom. The number of rotatable bonds is 12. The quantitative estimate of drug-likeness (QED) is 0.211. The lowest BCUT2D eigenvalue weighted by atomic mass is 10.2. The van der Waals surface area contributed by atoms with Gasteiger partial charge in [0.1, 0.15) is 5.75 Å². The number of thioether (sulfide) groups is 3. The Bertz CT molecular complexity index is 694. The average Bonchev–Trinajstić information content (AvgIpc) is 2.75. The van der Waals surface area contributed by atoms with Gasteiger partial charge in [-0.2, -0.15) is 23.5 Å². The highest BCUT2D eigenvalue weighted by Gasteiger charge is 2.02. The van der Waals surface area contributed by atoms with E-state index in [2.05, 4.69) is 45.2 Å². The number of thiol groups is 1. The molecule has 29 heavy (non-hydrogen) atoms. The Morgan fingerprint density at radius 1 is 0.931 bits per heavy atom. The monoisotopic (exact) mass is 468 g/mol. The minimum atomic E-state index is 0.762. The number of aryl methyl sites for hydroxylation is 2. The summed E-state index contributed by atoms with van der Waals surface area (Å²) in [4.78, 5) is 2.47. The summed E-state index contributed by atoms with van der Waals surface area (Å²) < 4.78 is 5.76. The van der Waals surface area contributed by atoms with Gasteiger partial charge in [-0.25, -0.2) is 0 Å². The van der Waals surface area contributed by atoms with E-state index in [0.29, 0.717) is 0 Å². The van der Waals surface area contributed by atoms with Gasteiger partial charge in [-0.1, -0.05) is 24.8 Å². The molecule has 0 bridgehead atoms. The van der Waals surface area contributed by atoms with Crippen molar-refractivity contribution in [3.8, 4) is 5.75 Å². The minimum absolute atomic E-state index is 0.762. The Morgan fingerprint density at radius 2 is 1.48 bits per heavy atom. The molecule has 0 aliphatic carbocycles. The highest BCUT2D eigenvalue weighted by Crippen LogP contribution is 2.27. The van der Waals surface area contributed by atoms with Crippen LogP contribution in [-0.2, 0) is 0 Å². The predicted molar refractivity (Wildman–Crippen MR) is 139 cm³/mol. The van der Waals surface area contributed by atoms with Crippen molar-refractivity contribution < 1.29 is 9.84 Å². The molecular weight excluding hydrogens is 437 g/mol. The summed E-state index contributed by atoms with van der Waals surface area (Å²) in [6, 6.07) is 12.5. The highest BCUT2D eigenvalue weighted by atomic mass is 32.2. The fourth-order valence-corrected chi connectivity index (χ4v) is 5.70. The zero-order valence-electron chi connectivity index (χ0n) is 17.5. The van der Waals surface area contributed by atoms with Gasteiger partial charge in [-0.05, 0) is 54.8 Å². The maximum absolute atomic E-state index is 7.00. The molecule has 0 aliphatic heterocycles. The van der Waals surface area contributed by atoms with Crippen LogP contribution in [0.1, 0.15) is 16.7 Å². The average molecular weight is 469 g/mol. The second-order valence-electron chi connectivity index (χ2n) is 6.10. The smallest absolute Gasteiger partial charge is 0.119 e. The highest BCUT2D eigenvalue weighted by molar-refractivity contribution is 8.04. The molecule has 0 aliphatic rings. The molecule has 0 amide bonds. The second-order valence-corrected chi connectivity index (χ2v) is 10.2. The summed E-state index contributed by atoms with van der Waals surface area (Å²) >= 11 is 10.5. The molecule has 2 rings (SSSR count). The third kappa shape index (κ3) is 10.8. The van der Waals surface area contributed by atoms with Crippen molar-refractivity contribution in [3.05, 3.63) is 59.7 Å². The van der Waals surface area contributed by atoms with E-state index in [-0.39, 0.29) is 0 Å². The largest absolute Gasteiger partial charge is 0.493 e. The van der Waals surface area contributed by atoms with Gasteiger partial charge in [-0.15, -0.1) is 24.4 Å². The Labute approximate surface area is 194 Å². The molecule has 0 spiro atoms. The van der Waals surface area contributed by atoms with Gasteiger partial charge in [0, 0.05) is 45.7 Å². The van der Waals surface area contributed by atoms with Crippen LogP contribution in [0.3, 0.4) is 0 Å². The lowest BCUT2D eigenvalue weighted by Crippen LogP contribution is -2.01. The molecule has 6 heteroatoms. The van der Waals surface area contributed by atoms with E-state index >= 15 is 0 Å². The standard InChI is InChI=1S/C22H28OS4.CH4O/c1-4-19-5-7-20(8-6-19)23-9-10-25-11-12-26-13-14-27-21-15-17(2)22(24)18(3)16-21;1-2/h4-8,15-16,24H,1,9-14H2,2-3H3;2H,1H3. The van der Waals surface area contributed by atoms with Gasteiger partial charge in [0.2, 0.25) is 0 Å². The number of ether oxygens (including phenoxy) is 1. The lowest BCUT2D eigenvalue weighted by Gasteiger charge is -2.08. The van der Waals surface area contributed by atoms with Crippen LogP contribution in [0.4, 0.5) is 0 Å². The molecule has 0 heterocycles. The summed E-state index contributed by atoms with van der Waals surface area (Å²) in [6.07, 6.45) is 1.84. The molecule has 2 aromatic carbocycles. The first-order valence-corrected chi connectivity index (χ1v) is 13.2. The molecule has 160 valence electrons. The van der Waals surface area contributed by atoms with Crippen LogP contribution in [0.5, 0.6) is 5.75 Å². The van der Waals surface area contributed by atoms with Crippen LogP contribution in [0.25, 0.3) is 6.08 Å². The van der Waals surface area contributed by atoms with Crippen molar-refractivity contribution in [2.24, 2.45) is 0 Å². The van der Waals surface area contributed by atoms with E-state index < -0.39 is 0 Å². The van der Waals surface area contributed by atoms with E-state index in [1.807, 2.05) is 65.6 Å². The predicted octanol–water partition coefficient (Wildman–Crippen LogP) is 6.48. The first kappa shape index (κ1) is 26.4. The number of benzene rings is 2. The zero-order valence-corrected chi connectivity index (χ0v) is 20.9. The third-order valence-corrected chi connectivity index (χ3v) is 8.08. The molecule has 0 unspecified atom stereocenters. The van der Waals surface area contributed by atoms with Crippen molar-refractivity contribution >= 4 is 54.0 Å². The molecule has 0 saturated heterocycles. The maximum atomic E-state index is 7.00. The summed E-state index contributed by atoms with van der Waals surface area (Å²) in [5.41, 5.74) is 3.66. The first-order chi connectivity index (χ1) is 14.1. The minimum Gasteiger partial charge on any atom is -0.493 e. The van der Waals surface area contributed by atoms with Crippen LogP contribution in [0.15, 0.2) is 52.8 Å². The Balaban J connectivity index is 0.00000204. The van der Waals surface area contributed by atoms with Crippen LogP contribution in [-0.4, -0.2) is 47.6 Å². The molecule has 0 radical (unpaired) electrons. The summed E-state index contributed by atoms with van der Waals surface area (Å²) in [6.45, 7) is 8.78. The Hall–Kier alpha value is -0.660. The second kappa shape index (κ2) is 16.1. The van der Waals surface area contributed by atoms with E-state index in [1.165, 1.54) is 33.3 Å². The van der Waals surface area contributed by atoms with Crippen LogP contribution in [0.2, 0.25) is 0 Å². The summed E-state index contributed by atoms with van der Waals surface area (Å²) in [5.74, 6) is 6.70. The van der Waals surface area contributed by atoms with Crippen molar-refractivity contribution in [2.45, 2.75) is 23.6 Å². The SMILES string of the molecule is C=Cc1ccc(OCCSCCSCCSc2cc(C)c(S)c(C)c2)cc1.CO. The van der Waals surface area contributed by atoms with E-state index in [1.54, 1.807) is 0 Å². The molecule has 1 N–H and O–H groups in total. The number of aliphatic hydroxyl groups excluding tert-OH is 1. The lowest BCUT2D eigenvalue weighted by molar-refractivity contribution is 0.344. The summed E-state index contributed by atoms with van der Waals surface area (Å²) in [7, 11) is 1.00. The first-order valence-electron chi connectivity index (χ1n) is 9.48. The van der Waals surface area contributed by atoms with Crippen LogP contribution >= 0.6 is 47.9 Å². The van der Waals surface area contributed by atoms with Crippen molar-refractivity contribution in [2.75, 3.05) is 42.5 Å². The number of hydrogen-bond acceptors (Lipinski definition) is 6. The molecule has 0 atom stereocenters. The third-order valence-electron chi connectivity index (χ3n) is 3.95. The topological polar surface area (TPSA) is 29.5 Å². The van der Waals surface area contributed by atoms with Gasteiger partial charge in [-0.3, -0.25) is 0 Å². The molecule has 0 saturated carbocycles. The summed E-state index contributed by atoms with van der Waals surface area (Å²) in [5, 5.41) is 7.00. The number of hydrogen-bond donors (Lipinski definition) is 2. The Kier molecular flexibility index (Phi) is 14.6.